The number of alkyl halides is 1. The largest absolute Gasteiger partial charge is 0.287 e. The summed E-state index contributed by atoms with van der Waals surface area (Å²) in [6.45, 7) is 0.883. The first-order chi connectivity index (χ1) is 7.10. The zero-order chi connectivity index (χ0) is 11.4. The van der Waals surface area contributed by atoms with Crippen LogP contribution in [0.3, 0.4) is 0 Å². The molecular formula is C10H8FN2O2. The molecular weight excluding hydrogens is 199 g/mol. The molecule has 77 valence electrons. The van der Waals surface area contributed by atoms with Crippen LogP contribution >= 0.6 is 0 Å². The lowest BCUT2D eigenvalue weighted by atomic mass is 10.00. The van der Waals surface area contributed by atoms with Gasteiger partial charge in [-0.1, -0.05) is 13.0 Å². The SMILES string of the molecule is C[C](CF)c1ccc(C#N)c([N+](=O)[O-])c1. The Morgan fingerprint density at radius 1 is 1.67 bits per heavy atom. The maximum Gasteiger partial charge on any atom is 0.287 e. The van der Waals surface area contributed by atoms with Gasteiger partial charge in [-0.2, -0.15) is 5.26 Å². The highest BCUT2D eigenvalue weighted by Crippen LogP contribution is 2.24. The third kappa shape index (κ3) is 2.29. The van der Waals surface area contributed by atoms with Crippen LogP contribution in [0.4, 0.5) is 10.1 Å². The second-order valence-corrected chi connectivity index (χ2v) is 3.01. The quantitative estimate of drug-likeness (QED) is 0.564. The molecule has 0 unspecified atom stereocenters. The van der Waals surface area contributed by atoms with E-state index in [1.165, 1.54) is 18.2 Å². The second-order valence-electron chi connectivity index (χ2n) is 3.01. The van der Waals surface area contributed by atoms with E-state index in [9.17, 15) is 14.5 Å². The van der Waals surface area contributed by atoms with Gasteiger partial charge in [0, 0.05) is 12.0 Å². The first-order valence-corrected chi connectivity index (χ1v) is 4.17. The Hall–Kier alpha value is -1.96. The minimum atomic E-state index is -0.664. The van der Waals surface area contributed by atoms with E-state index in [-0.39, 0.29) is 11.3 Å². The van der Waals surface area contributed by atoms with E-state index >= 15 is 0 Å². The van der Waals surface area contributed by atoms with Gasteiger partial charge in [0.05, 0.1) is 11.6 Å². The van der Waals surface area contributed by atoms with Crippen molar-refractivity contribution in [2.24, 2.45) is 0 Å². The molecule has 0 atom stereocenters. The summed E-state index contributed by atoms with van der Waals surface area (Å²) in [6.07, 6.45) is 0. The summed E-state index contributed by atoms with van der Waals surface area (Å²) in [6, 6.07) is 5.76. The van der Waals surface area contributed by atoms with Crippen molar-refractivity contribution < 1.29 is 9.31 Å². The fourth-order valence-electron chi connectivity index (χ4n) is 1.12. The molecule has 0 heterocycles. The van der Waals surface area contributed by atoms with Gasteiger partial charge in [-0.25, -0.2) is 0 Å². The van der Waals surface area contributed by atoms with E-state index in [1.807, 2.05) is 0 Å². The number of nitriles is 1. The number of halogens is 1. The number of rotatable bonds is 3. The first-order valence-electron chi connectivity index (χ1n) is 4.17. The van der Waals surface area contributed by atoms with Crippen molar-refractivity contribution in [3.63, 3.8) is 0 Å². The smallest absolute Gasteiger partial charge is 0.258 e. The van der Waals surface area contributed by atoms with Gasteiger partial charge in [-0.05, 0) is 11.6 Å². The van der Waals surface area contributed by atoms with Crippen molar-refractivity contribution in [1.29, 1.82) is 5.26 Å². The summed E-state index contributed by atoms with van der Waals surface area (Å²) in [4.78, 5) is 9.95. The molecule has 1 aromatic carbocycles. The standard InChI is InChI=1S/C10H8FN2O2/c1-7(5-11)8-2-3-9(6-12)10(4-8)13(14)15/h2-4H,5H2,1H3. The first kappa shape index (κ1) is 11.1. The molecule has 0 bridgehead atoms. The summed E-state index contributed by atoms with van der Waals surface area (Å²) in [7, 11) is 0. The van der Waals surface area contributed by atoms with Crippen molar-refractivity contribution in [2.75, 3.05) is 6.67 Å². The van der Waals surface area contributed by atoms with Gasteiger partial charge in [0.1, 0.15) is 11.6 Å². The molecule has 1 rings (SSSR count). The fraction of sp³-hybridized carbons (Fsp3) is 0.200. The average Bonchev–Trinajstić information content (AvgIpc) is 2.27. The summed E-state index contributed by atoms with van der Waals surface area (Å²) >= 11 is 0. The third-order valence-corrected chi connectivity index (χ3v) is 2.01. The molecule has 0 N–H and O–H groups in total. The zero-order valence-corrected chi connectivity index (χ0v) is 8.03. The van der Waals surface area contributed by atoms with E-state index in [0.717, 1.165) is 0 Å². The summed E-state index contributed by atoms with van der Waals surface area (Å²) in [5.74, 6) is 0.405. The van der Waals surface area contributed by atoms with Gasteiger partial charge < -0.3 is 0 Å². The van der Waals surface area contributed by atoms with Crippen LogP contribution in [-0.2, 0) is 0 Å². The maximum absolute atomic E-state index is 12.3. The Balaban J connectivity index is 3.23. The van der Waals surface area contributed by atoms with E-state index in [2.05, 4.69) is 0 Å². The van der Waals surface area contributed by atoms with Gasteiger partial charge in [0.15, 0.2) is 0 Å². The zero-order valence-electron chi connectivity index (χ0n) is 8.03. The van der Waals surface area contributed by atoms with Crippen LogP contribution in [0, 0.1) is 27.4 Å². The maximum atomic E-state index is 12.3. The summed E-state index contributed by atoms with van der Waals surface area (Å²) < 4.78 is 12.3. The van der Waals surface area contributed by atoms with E-state index in [1.54, 1.807) is 13.0 Å². The lowest BCUT2D eigenvalue weighted by molar-refractivity contribution is -0.385. The average molecular weight is 207 g/mol. The van der Waals surface area contributed by atoms with Crippen LogP contribution in [0.5, 0.6) is 0 Å². The Kier molecular flexibility index (Phi) is 3.34. The molecule has 4 nitrogen and oxygen atoms in total. The second kappa shape index (κ2) is 4.51. The van der Waals surface area contributed by atoms with Crippen molar-refractivity contribution in [3.05, 3.63) is 45.4 Å². The van der Waals surface area contributed by atoms with Gasteiger partial charge in [-0.3, -0.25) is 14.5 Å². The van der Waals surface area contributed by atoms with E-state index < -0.39 is 11.6 Å². The van der Waals surface area contributed by atoms with Crippen molar-refractivity contribution in [3.8, 4) is 6.07 Å². The molecule has 0 saturated heterocycles. The van der Waals surface area contributed by atoms with Crippen LogP contribution in [0.15, 0.2) is 18.2 Å². The number of hydrogen-bond acceptors (Lipinski definition) is 3. The molecule has 0 spiro atoms. The molecule has 0 aromatic heterocycles. The Morgan fingerprint density at radius 3 is 2.80 bits per heavy atom. The number of nitro benzene ring substituents is 1. The van der Waals surface area contributed by atoms with Gasteiger partial charge >= 0.3 is 0 Å². The highest BCUT2D eigenvalue weighted by Gasteiger charge is 2.16. The highest BCUT2D eigenvalue weighted by molar-refractivity contribution is 5.52. The van der Waals surface area contributed by atoms with E-state index in [4.69, 9.17) is 5.26 Å². The molecule has 0 aliphatic heterocycles. The number of nitro groups is 1. The number of hydrogen-bond donors (Lipinski definition) is 0. The van der Waals surface area contributed by atoms with Crippen LogP contribution < -0.4 is 0 Å². The molecule has 0 aliphatic carbocycles. The van der Waals surface area contributed by atoms with Gasteiger partial charge in [0.2, 0.25) is 0 Å². The predicted octanol–water partition coefficient (Wildman–Crippen LogP) is 2.38. The van der Waals surface area contributed by atoms with Crippen LogP contribution in [0.2, 0.25) is 0 Å². The van der Waals surface area contributed by atoms with Crippen LogP contribution in [0.1, 0.15) is 18.1 Å². The number of nitrogens with zero attached hydrogens (tertiary/aromatic N) is 2. The highest BCUT2D eigenvalue weighted by atomic mass is 19.1. The fourth-order valence-corrected chi connectivity index (χ4v) is 1.12. The predicted molar refractivity (Wildman–Crippen MR) is 51.8 cm³/mol. The molecule has 1 radical (unpaired) electrons. The third-order valence-electron chi connectivity index (χ3n) is 2.01. The van der Waals surface area contributed by atoms with Crippen LogP contribution in [-0.4, -0.2) is 11.6 Å². The topological polar surface area (TPSA) is 66.9 Å². The molecule has 0 saturated carbocycles. The normalized spacial score (nSPS) is 10.0. The Morgan fingerprint density at radius 2 is 2.33 bits per heavy atom. The molecule has 5 heteroatoms. The van der Waals surface area contributed by atoms with Crippen molar-refractivity contribution in [1.82, 2.24) is 0 Å². The molecule has 15 heavy (non-hydrogen) atoms. The van der Waals surface area contributed by atoms with Crippen LogP contribution in [0.25, 0.3) is 0 Å². The Labute approximate surface area is 86.1 Å². The summed E-state index contributed by atoms with van der Waals surface area (Å²) in [5.41, 5.74) is 0.140. The number of benzene rings is 1. The van der Waals surface area contributed by atoms with Crippen molar-refractivity contribution >= 4 is 5.69 Å². The summed E-state index contributed by atoms with van der Waals surface area (Å²) in [5, 5.41) is 19.2. The lowest BCUT2D eigenvalue weighted by Crippen LogP contribution is -1.99. The minimum Gasteiger partial charge on any atom is -0.258 e. The molecule has 0 fully saturated rings. The van der Waals surface area contributed by atoms with Gasteiger partial charge in [-0.15, -0.1) is 0 Å². The molecule has 0 aliphatic rings. The monoisotopic (exact) mass is 207 g/mol. The lowest BCUT2D eigenvalue weighted by Gasteiger charge is -2.05. The molecule has 1 aromatic rings. The van der Waals surface area contributed by atoms with Gasteiger partial charge in [0.25, 0.3) is 5.69 Å². The minimum absolute atomic E-state index is 0.0181. The van der Waals surface area contributed by atoms with Crippen molar-refractivity contribution in [2.45, 2.75) is 6.92 Å². The van der Waals surface area contributed by atoms with E-state index in [0.29, 0.717) is 11.5 Å². The Bertz CT molecular complexity index is 426. The molecule has 0 amide bonds.